The molecule has 0 radical (unpaired) electrons. The number of alkyl halides is 1. The standard InChI is InChI=1S/C26H35FN4O2/c1-25-9-6-18-17-7-10-26(33,15-27)12-16(17)2-3-19(18)20(25)4-5-21(25)24(32)14-31-29-22-8-11-28-13-23(22)30-31/h8,11,13,16-21,33H,2-7,9-10,12,14-15H2,1H3/t16-,17+,18-,19-,20+,21-,25+,26-/m1/s1. The van der Waals surface area contributed by atoms with Gasteiger partial charge in [0.25, 0.3) is 0 Å². The Balaban J connectivity index is 1.17. The maximum absolute atomic E-state index is 13.5. The van der Waals surface area contributed by atoms with Crippen LogP contribution < -0.4 is 0 Å². The first kappa shape index (κ1) is 21.6. The first-order valence-corrected chi connectivity index (χ1v) is 12.9. The van der Waals surface area contributed by atoms with Crippen LogP contribution in [0, 0.1) is 40.9 Å². The number of nitrogens with zero attached hydrogens (tertiary/aromatic N) is 4. The molecular weight excluding hydrogens is 419 g/mol. The fraction of sp³-hybridized carbons (Fsp3) is 0.769. The molecule has 1 N–H and O–H groups in total. The molecule has 2 aromatic rings. The minimum Gasteiger partial charge on any atom is -0.387 e. The second kappa shape index (κ2) is 7.82. The molecule has 7 heteroatoms. The molecule has 0 aromatic carbocycles. The van der Waals surface area contributed by atoms with E-state index >= 15 is 0 Å². The molecule has 6 nitrogen and oxygen atoms in total. The van der Waals surface area contributed by atoms with E-state index in [2.05, 4.69) is 22.1 Å². The molecule has 4 fully saturated rings. The summed E-state index contributed by atoms with van der Waals surface area (Å²) in [5.41, 5.74) is 0.486. The molecule has 4 saturated carbocycles. The van der Waals surface area contributed by atoms with E-state index in [0.29, 0.717) is 42.4 Å². The van der Waals surface area contributed by atoms with Gasteiger partial charge in [-0.15, -0.1) is 0 Å². The van der Waals surface area contributed by atoms with Crippen LogP contribution in [0.5, 0.6) is 0 Å². The van der Waals surface area contributed by atoms with Crippen molar-refractivity contribution in [2.45, 2.75) is 76.9 Å². The topological polar surface area (TPSA) is 80.9 Å². The number of aliphatic hydroxyl groups is 1. The zero-order chi connectivity index (χ0) is 22.8. The van der Waals surface area contributed by atoms with Crippen LogP contribution in [0.3, 0.4) is 0 Å². The van der Waals surface area contributed by atoms with E-state index in [4.69, 9.17) is 0 Å². The number of rotatable bonds is 4. The SMILES string of the molecule is C[C@]12CC[C@H]3[C@@H](CC[C@@H]4C[C@@](O)(CF)CC[C@@H]43)[C@@H]1CC[C@@H]2C(=O)Cn1nc2ccncc2n1. The van der Waals surface area contributed by atoms with E-state index < -0.39 is 12.3 Å². The molecule has 0 saturated heterocycles. The summed E-state index contributed by atoms with van der Waals surface area (Å²) >= 11 is 0. The van der Waals surface area contributed by atoms with Crippen LogP contribution in [-0.2, 0) is 11.3 Å². The van der Waals surface area contributed by atoms with Gasteiger partial charge in [-0.3, -0.25) is 9.78 Å². The van der Waals surface area contributed by atoms with E-state index in [-0.39, 0.29) is 23.7 Å². The molecular formula is C26H35FN4O2. The molecule has 2 heterocycles. The summed E-state index contributed by atoms with van der Waals surface area (Å²) in [4.78, 5) is 19.1. The van der Waals surface area contributed by atoms with Crippen molar-refractivity contribution in [2.24, 2.45) is 40.9 Å². The molecule has 0 bridgehead atoms. The fourth-order valence-electron chi connectivity index (χ4n) is 8.74. The first-order chi connectivity index (χ1) is 15.9. The summed E-state index contributed by atoms with van der Waals surface area (Å²) in [6.45, 7) is 2.00. The van der Waals surface area contributed by atoms with E-state index in [9.17, 15) is 14.3 Å². The highest BCUT2D eigenvalue weighted by atomic mass is 19.1. The monoisotopic (exact) mass is 454 g/mol. The number of aromatic nitrogens is 4. The van der Waals surface area contributed by atoms with E-state index in [1.165, 1.54) is 12.8 Å². The van der Waals surface area contributed by atoms with Gasteiger partial charge in [-0.05, 0) is 98.9 Å². The van der Waals surface area contributed by atoms with Crippen molar-refractivity contribution in [3.05, 3.63) is 18.5 Å². The number of Topliss-reactive ketones (excluding diaryl/α,β-unsaturated/α-hetero) is 1. The lowest BCUT2D eigenvalue weighted by atomic mass is 9.49. The van der Waals surface area contributed by atoms with Gasteiger partial charge in [0.1, 0.15) is 24.3 Å². The lowest BCUT2D eigenvalue weighted by molar-refractivity contribution is -0.134. The van der Waals surface area contributed by atoms with Crippen molar-refractivity contribution >= 4 is 16.8 Å². The summed E-state index contributed by atoms with van der Waals surface area (Å²) in [5, 5.41) is 19.5. The van der Waals surface area contributed by atoms with Gasteiger partial charge in [0.2, 0.25) is 0 Å². The molecule has 4 aliphatic carbocycles. The highest BCUT2D eigenvalue weighted by Crippen LogP contribution is 2.64. The third kappa shape index (κ3) is 3.44. The fourth-order valence-corrected chi connectivity index (χ4v) is 8.74. The number of ketones is 1. The summed E-state index contributed by atoms with van der Waals surface area (Å²) < 4.78 is 13.4. The molecule has 33 heavy (non-hydrogen) atoms. The van der Waals surface area contributed by atoms with Crippen molar-refractivity contribution in [3.8, 4) is 0 Å². The molecule has 8 atom stereocenters. The van der Waals surface area contributed by atoms with Gasteiger partial charge < -0.3 is 5.11 Å². The molecule has 178 valence electrons. The molecule has 0 amide bonds. The smallest absolute Gasteiger partial charge is 0.159 e. The summed E-state index contributed by atoms with van der Waals surface area (Å²) in [6, 6.07) is 1.83. The van der Waals surface area contributed by atoms with E-state index in [1.54, 1.807) is 17.2 Å². The zero-order valence-electron chi connectivity index (χ0n) is 19.5. The number of halogens is 1. The quantitative estimate of drug-likeness (QED) is 0.742. The summed E-state index contributed by atoms with van der Waals surface area (Å²) in [6.07, 6.45) is 12.3. The van der Waals surface area contributed by atoms with Crippen LogP contribution in [0.4, 0.5) is 4.39 Å². The Morgan fingerprint density at radius 3 is 2.73 bits per heavy atom. The normalized spacial score (nSPS) is 42.5. The molecule has 6 rings (SSSR count). The molecule has 0 unspecified atom stereocenters. The van der Waals surface area contributed by atoms with E-state index in [0.717, 1.165) is 43.1 Å². The first-order valence-electron chi connectivity index (χ1n) is 12.9. The number of hydrogen-bond acceptors (Lipinski definition) is 5. The van der Waals surface area contributed by atoms with Gasteiger partial charge >= 0.3 is 0 Å². The third-order valence-corrected chi connectivity index (χ3v) is 10.3. The Morgan fingerprint density at radius 1 is 1.09 bits per heavy atom. The Hall–Kier alpha value is -1.89. The molecule has 0 spiro atoms. The van der Waals surface area contributed by atoms with Gasteiger partial charge in [-0.25, -0.2) is 4.39 Å². The number of hydrogen-bond donors (Lipinski definition) is 1. The second-order valence-electron chi connectivity index (χ2n) is 11.8. The van der Waals surface area contributed by atoms with Gasteiger partial charge in [0, 0.05) is 12.1 Å². The Bertz CT molecular complexity index is 1020. The van der Waals surface area contributed by atoms with Crippen LogP contribution in [0.25, 0.3) is 11.0 Å². The molecule has 2 aromatic heterocycles. The van der Waals surface area contributed by atoms with Gasteiger partial charge in [0.05, 0.1) is 11.8 Å². The number of carbonyl (C=O) groups is 1. The lowest BCUT2D eigenvalue weighted by Crippen LogP contribution is -2.52. The number of pyridine rings is 1. The maximum Gasteiger partial charge on any atom is 0.159 e. The number of fused-ring (bicyclic) bond motifs is 6. The predicted molar refractivity (Wildman–Crippen MR) is 122 cm³/mol. The van der Waals surface area contributed by atoms with Crippen LogP contribution in [0.1, 0.15) is 64.7 Å². The number of carbonyl (C=O) groups excluding carboxylic acids is 1. The average molecular weight is 455 g/mol. The Kier molecular flexibility index (Phi) is 5.13. The van der Waals surface area contributed by atoms with Crippen molar-refractivity contribution < 1.29 is 14.3 Å². The minimum atomic E-state index is -1.08. The Labute approximate surface area is 194 Å². The van der Waals surface area contributed by atoms with Gasteiger partial charge in [0.15, 0.2) is 5.78 Å². The van der Waals surface area contributed by atoms with Crippen molar-refractivity contribution in [3.63, 3.8) is 0 Å². The van der Waals surface area contributed by atoms with Crippen molar-refractivity contribution in [1.29, 1.82) is 0 Å². The highest BCUT2D eigenvalue weighted by molar-refractivity contribution is 5.82. The zero-order valence-corrected chi connectivity index (χ0v) is 19.5. The van der Waals surface area contributed by atoms with Crippen LogP contribution in [0.15, 0.2) is 18.5 Å². The lowest BCUT2D eigenvalue weighted by Gasteiger charge is -2.56. The van der Waals surface area contributed by atoms with Gasteiger partial charge in [-0.2, -0.15) is 15.0 Å². The maximum atomic E-state index is 13.5. The van der Waals surface area contributed by atoms with Gasteiger partial charge in [-0.1, -0.05) is 6.92 Å². The van der Waals surface area contributed by atoms with Crippen LogP contribution in [-0.4, -0.2) is 43.1 Å². The van der Waals surface area contributed by atoms with E-state index in [1.807, 2.05) is 6.07 Å². The van der Waals surface area contributed by atoms with Crippen molar-refractivity contribution in [1.82, 2.24) is 20.0 Å². The van der Waals surface area contributed by atoms with Crippen LogP contribution >= 0.6 is 0 Å². The minimum absolute atomic E-state index is 0.0631. The van der Waals surface area contributed by atoms with Crippen molar-refractivity contribution in [2.75, 3.05) is 6.67 Å². The highest BCUT2D eigenvalue weighted by Gasteiger charge is 2.59. The molecule has 0 aliphatic heterocycles. The van der Waals surface area contributed by atoms with Crippen LogP contribution in [0.2, 0.25) is 0 Å². The second-order valence-corrected chi connectivity index (χ2v) is 11.8. The summed E-state index contributed by atoms with van der Waals surface area (Å²) in [7, 11) is 0. The Morgan fingerprint density at radius 2 is 1.91 bits per heavy atom. The largest absolute Gasteiger partial charge is 0.387 e. The molecule has 4 aliphatic rings. The summed E-state index contributed by atoms with van der Waals surface area (Å²) in [5.74, 6) is 3.41. The predicted octanol–water partition coefficient (Wildman–Crippen LogP) is 4.36. The average Bonchev–Trinajstić information content (AvgIpc) is 3.38. The third-order valence-electron chi connectivity index (χ3n) is 10.3.